The zero-order valence-electron chi connectivity index (χ0n) is 7.51. The summed E-state index contributed by atoms with van der Waals surface area (Å²) in [5, 5.41) is 5.86. The number of fused-ring (bicyclic) bond motifs is 1. The van der Waals surface area contributed by atoms with E-state index in [9.17, 15) is 0 Å². The highest BCUT2D eigenvalue weighted by atomic mass is 79.9. The Kier molecular flexibility index (Phi) is 2.61. The second kappa shape index (κ2) is 3.75. The minimum Gasteiger partial charge on any atom is -0.373 e. The Morgan fingerprint density at radius 3 is 2.86 bits per heavy atom. The zero-order chi connectivity index (χ0) is 10.1. The first-order valence-corrected chi connectivity index (χ1v) is 5.31. The maximum Gasteiger partial charge on any atom is 0.133 e. The van der Waals surface area contributed by atoms with Gasteiger partial charge in [-0.3, -0.25) is 0 Å². The summed E-state index contributed by atoms with van der Waals surface area (Å²) in [6.07, 6.45) is 1.77. The van der Waals surface area contributed by atoms with E-state index in [2.05, 4.69) is 26.2 Å². The van der Waals surface area contributed by atoms with Gasteiger partial charge in [-0.15, -0.1) is 0 Å². The quantitative estimate of drug-likeness (QED) is 0.855. The number of anilines is 1. The molecule has 0 radical (unpaired) electrons. The molecule has 0 bridgehead atoms. The fraction of sp³-hybridized carbons (Fsp3) is 0.100. The highest BCUT2D eigenvalue weighted by Gasteiger charge is 2.04. The van der Waals surface area contributed by atoms with Crippen molar-refractivity contribution in [2.75, 3.05) is 12.4 Å². The van der Waals surface area contributed by atoms with Crippen molar-refractivity contribution in [2.45, 2.75) is 0 Å². The van der Waals surface area contributed by atoms with Crippen LogP contribution in [0.5, 0.6) is 0 Å². The van der Waals surface area contributed by atoms with Crippen LogP contribution in [0.4, 0.5) is 5.82 Å². The predicted octanol–water partition coefficient (Wildman–Crippen LogP) is 3.69. The summed E-state index contributed by atoms with van der Waals surface area (Å²) >= 11 is 9.44. The van der Waals surface area contributed by atoms with Crippen LogP contribution < -0.4 is 5.32 Å². The zero-order valence-corrected chi connectivity index (χ0v) is 9.85. The first kappa shape index (κ1) is 9.74. The van der Waals surface area contributed by atoms with Gasteiger partial charge in [0.15, 0.2) is 0 Å². The second-order valence-electron chi connectivity index (χ2n) is 2.89. The van der Waals surface area contributed by atoms with Crippen molar-refractivity contribution in [1.29, 1.82) is 0 Å². The molecule has 4 heteroatoms. The Labute approximate surface area is 95.4 Å². The van der Waals surface area contributed by atoms with Gasteiger partial charge in [0.05, 0.1) is 0 Å². The lowest BCUT2D eigenvalue weighted by Crippen LogP contribution is -1.92. The third kappa shape index (κ3) is 1.57. The molecule has 0 aliphatic heterocycles. The van der Waals surface area contributed by atoms with E-state index in [0.29, 0.717) is 5.02 Å². The highest BCUT2D eigenvalue weighted by Crippen LogP contribution is 2.31. The average molecular weight is 272 g/mol. The van der Waals surface area contributed by atoms with Crippen molar-refractivity contribution in [3.05, 3.63) is 33.9 Å². The number of halogens is 2. The summed E-state index contributed by atoms with van der Waals surface area (Å²) in [4.78, 5) is 4.22. The number of hydrogen-bond donors (Lipinski definition) is 1. The van der Waals surface area contributed by atoms with Crippen LogP contribution in [-0.4, -0.2) is 12.0 Å². The first-order valence-electron chi connectivity index (χ1n) is 4.14. The van der Waals surface area contributed by atoms with Crippen LogP contribution >= 0.6 is 27.5 Å². The number of pyridine rings is 1. The smallest absolute Gasteiger partial charge is 0.133 e. The van der Waals surface area contributed by atoms with E-state index < -0.39 is 0 Å². The van der Waals surface area contributed by atoms with Crippen LogP contribution in [0.25, 0.3) is 10.8 Å². The van der Waals surface area contributed by atoms with Gasteiger partial charge in [-0.05, 0) is 18.2 Å². The van der Waals surface area contributed by atoms with Gasteiger partial charge in [-0.2, -0.15) is 0 Å². The molecule has 1 aromatic heterocycles. The normalized spacial score (nSPS) is 10.5. The van der Waals surface area contributed by atoms with Gasteiger partial charge >= 0.3 is 0 Å². The van der Waals surface area contributed by atoms with E-state index in [1.807, 2.05) is 25.2 Å². The molecule has 1 N–H and O–H groups in total. The lowest BCUT2D eigenvalue weighted by Gasteiger charge is -2.06. The van der Waals surface area contributed by atoms with E-state index in [1.165, 1.54) is 0 Å². The predicted molar refractivity (Wildman–Crippen MR) is 64.0 cm³/mol. The van der Waals surface area contributed by atoms with Gasteiger partial charge in [-0.1, -0.05) is 27.5 Å². The summed E-state index contributed by atoms with van der Waals surface area (Å²) in [6, 6.07) is 5.74. The Morgan fingerprint density at radius 2 is 2.14 bits per heavy atom. The lowest BCUT2D eigenvalue weighted by atomic mass is 10.1. The minimum atomic E-state index is 0.703. The van der Waals surface area contributed by atoms with E-state index in [1.54, 1.807) is 6.20 Å². The molecule has 0 saturated heterocycles. The molecule has 2 nitrogen and oxygen atoms in total. The van der Waals surface area contributed by atoms with Crippen LogP contribution in [0.3, 0.4) is 0 Å². The summed E-state index contributed by atoms with van der Waals surface area (Å²) < 4.78 is 0.985. The SMILES string of the molecule is CNc1nccc2c(Br)cc(Cl)cc12. The van der Waals surface area contributed by atoms with Gasteiger partial charge in [0.25, 0.3) is 0 Å². The summed E-state index contributed by atoms with van der Waals surface area (Å²) in [5.74, 6) is 0.839. The van der Waals surface area contributed by atoms with Gasteiger partial charge in [0, 0.05) is 33.5 Å². The fourth-order valence-corrected chi connectivity index (χ4v) is 2.35. The molecule has 2 aromatic rings. The van der Waals surface area contributed by atoms with Gasteiger partial charge in [0.1, 0.15) is 5.82 Å². The summed E-state index contributed by atoms with van der Waals surface area (Å²) in [6.45, 7) is 0. The maximum absolute atomic E-state index is 5.97. The van der Waals surface area contributed by atoms with Gasteiger partial charge in [-0.25, -0.2) is 4.98 Å². The van der Waals surface area contributed by atoms with E-state index in [4.69, 9.17) is 11.6 Å². The number of benzene rings is 1. The second-order valence-corrected chi connectivity index (χ2v) is 4.18. The van der Waals surface area contributed by atoms with Crippen molar-refractivity contribution in [3.8, 4) is 0 Å². The third-order valence-electron chi connectivity index (χ3n) is 2.03. The summed E-state index contributed by atoms with van der Waals surface area (Å²) in [5.41, 5.74) is 0. The minimum absolute atomic E-state index is 0.703. The monoisotopic (exact) mass is 270 g/mol. The van der Waals surface area contributed by atoms with E-state index in [-0.39, 0.29) is 0 Å². The Balaban J connectivity index is 2.86. The molecule has 2 rings (SSSR count). The Hall–Kier alpha value is -0.800. The molecule has 1 heterocycles. The standard InChI is InChI=1S/C10H8BrClN2/c1-13-10-8-4-6(12)5-9(11)7(8)2-3-14-10/h2-5H,1H3,(H,13,14). The van der Waals surface area contributed by atoms with Crippen LogP contribution in [0.1, 0.15) is 0 Å². The molecule has 0 aliphatic rings. The largest absolute Gasteiger partial charge is 0.373 e. The molecule has 0 unspecified atom stereocenters. The molecule has 0 saturated carbocycles. The Bertz CT molecular complexity index is 485. The number of rotatable bonds is 1. The Morgan fingerprint density at radius 1 is 1.36 bits per heavy atom. The van der Waals surface area contributed by atoms with Crippen molar-refractivity contribution in [3.63, 3.8) is 0 Å². The number of aromatic nitrogens is 1. The van der Waals surface area contributed by atoms with Crippen LogP contribution in [0, 0.1) is 0 Å². The molecule has 0 amide bonds. The van der Waals surface area contributed by atoms with Crippen molar-refractivity contribution >= 4 is 44.1 Å². The molecule has 14 heavy (non-hydrogen) atoms. The molecule has 72 valence electrons. The topological polar surface area (TPSA) is 24.9 Å². The molecule has 0 atom stereocenters. The fourth-order valence-electron chi connectivity index (χ4n) is 1.41. The highest BCUT2D eigenvalue weighted by molar-refractivity contribution is 9.10. The van der Waals surface area contributed by atoms with Crippen LogP contribution in [-0.2, 0) is 0 Å². The maximum atomic E-state index is 5.97. The third-order valence-corrected chi connectivity index (χ3v) is 2.91. The van der Waals surface area contributed by atoms with Crippen molar-refractivity contribution in [1.82, 2.24) is 4.98 Å². The summed E-state index contributed by atoms with van der Waals surface area (Å²) in [7, 11) is 1.84. The molecule has 1 aromatic carbocycles. The van der Waals surface area contributed by atoms with E-state index >= 15 is 0 Å². The van der Waals surface area contributed by atoms with E-state index in [0.717, 1.165) is 21.1 Å². The first-order chi connectivity index (χ1) is 6.72. The lowest BCUT2D eigenvalue weighted by molar-refractivity contribution is 1.31. The van der Waals surface area contributed by atoms with Gasteiger partial charge in [0.2, 0.25) is 0 Å². The van der Waals surface area contributed by atoms with Crippen molar-refractivity contribution in [2.24, 2.45) is 0 Å². The molecular weight excluding hydrogens is 263 g/mol. The van der Waals surface area contributed by atoms with Gasteiger partial charge < -0.3 is 5.32 Å². The van der Waals surface area contributed by atoms with Crippen molar-refractivity contribution < 1.29 is 0 Å². The number of hydrogen-bond acceptors (Lipinski definition) is 2. The van der Waals surface area contributed by atoms with Crippen LogP contribution in [0.2, 0.25) is 5.02 Å². The molecule has 0 fully saturated rings. The molecular formula is C10H8BrClN2. The number of nitrogens with one attached hydrogen (secondary N) is 1. The molecule has 0 spiro atoms. The number of nitrogens with zero attached hydrogens (tertiary/aromatic N) is 1. The average Bonchev–Trinajstić information content (AvgIpc) is 2.17. The molecule has 0 aliphatic carbocycles. The van der Waals surface area contributed by atoms with Crippen LogP contribution in [0.15, 0.2) is 28.9 Å².